The van der Waals surface area contributed by atoms with Gasteiger partial charge in [-0.3, -0.25) is 9.48 Å². The lowest BCUT2D eigenvalue weighted by atomic mass is 10.6. The van der Waals surface area contributed by atoms with Gasteiger partial charge in [-0.2, -0.15) is 5.10 Å². The molecule has 4 nitrogen and oxygen atoms in total. The van der Waals surface area contributed by atoms with Crippen molar-refractivity contribution in [3.63, 3.8) is 0 Å². The molecule has 1 aromatic rings. The van der Waals surface area contributed by atoms with Crippen molar-refractivity contribution >= 4 is 6.41 Å². The summed E-state index contributed by atoms with van der Waals surface area (Å²) in [5.74, 6) is 0. The largest absolute Gasteiger partial charge is 0.357 e. The molecule has 0 saturated carbocycles. The Balaban J connectivity index is 2.21. The molecule has 4 heteroatoms. The quantitative estimate of drug-likeness (QED) is 0.457. The Bertz CT molecular complexity index is 183. The first-order chi connectivity index (χ1) is 4.93. The summed E-state index contributed by atoms with van der Waals surface area (Å²) < 4.78 is 1.76. The van der Waals surface area contributed by atoms with Crippen LogP contribution in [0.1, 0.15) is 0 Å². The van der Waals surface area contributed by atoms with Crippen LogP contribution in [0.4, 0.5) is 0 Å². The summed E-state index contributed by atoms with van der Waals surface area (Å²) in [6.45, 7) is 1.36. The van der Waals surface area contributed by atoms with Gasteiger partial charge in [-0.15, -0.1) is 0 Å². The van der Waals surface area contributed by atoms with Gasteiger partial charge < -0.3 is 5.32 Å². The second-order valence-electron chi connectivity index (χ2n) is 1.84. The van der Waals surface area contributed by atoms with Crippen molar-refractivity contribution in [3.05, 3.63) is 18.5 Å². The van der Waals surface area contributed by atoms with Crippen LogP contribution in [0, 0.1) is 0 Å². The van der Waals surface area contributed by atoms with E-state index in [9.17, 15) is 4.79 Å². The van der Waals surface area contributed by atoms with E-state index < -0.39 is 0 Å². The molecule has 1 heterocycles. The van der Waals surface area contributed by atoms with Crippen LogP contribution in [-0.2, 0) is 11.3 Å². The number of carbonyl (C=O) groups excluding carboxylic acids is 1. The SMILES string of the molecule is O=CNCCn1cccn1. The number of aromatic nitrogens is 2. The van der Waals surface area contributed by atoms with Gasteiger partial charge in [0.25, 0.3) is 0 Å². The van der Waals surface area contributed by atoms with Gasteiger partial charge in [-0.25, -0.2) is 0 Å². The number of amides is 1. The molecule has 0 unspecified atom stereocenters. The molecule has 0 aromatic carbocycles. The molecule has 1 aromatic heterocycles. The highest BCUT2D eigenvalue weighted by molar-refractivity contribution is 5.45. The van der Waals surface area contributed by atoms with Crippen LogP contribution in [0.25, 0.3) is 0 Å². The summed E-state index contributed by atoms with van der Waals surface area (Å²) in [5.41, 5.74) is 0. The predicted molar refractivity (Wildman–Crippen MR) is 36.3 cm³/mol. The number of nitrogens with one attached hydrogen (secondary N) is 1. The average molecular weight is 139 g/mol. The highest BCUT2D eigenvalue weighted by Crippen LogP contribution is 1.81. The first-order valence-electron chi connectivity index (χ1n) is 3.08. The van der Waals surface area contributed by atoms with Crippen molar-refractivity contribution in [2.45, 2.75) is 6.54 Å². The van der Waals surface area contributed by atoms with Gasteiger partial charge in [0.15, 0.2) is 0 Å². The number of carbonyl (C=O) groups is 1. The van der Waals surface area contributed by atoms with E-state index in [0.717, 1.165) is 6.54 Å². The fourth-order valence-electron chi connectivity index (χ4n) is 0.671. The van der Waals surface area contributed by atoms with E-state index >= 15 is 0 Å². The molecule has 1 amide bonds. The third kappa shape index (κ3) is 1.89. The normalized spacial score (nSPS) is 9.20. The summed E-state index contributed by atoms with van der Waals surface area (Å²) in [4.78, 5) is 9.79. The number of hydrogen-bond acceptors (Lipinski definition) is 2. The first kappa shape index (κ1) is 6.80. The van der Waals surface area contributed by atoms with E-state index in [1.54, 1.807) is 10.9 Å². The van der Waals surface area contributed by atoms with Crippen LogP contribution < -0.4 is 5.32 Å². The van der Waals surface area contributed by atoms with E-state index in [2.05, 4.69) is 10.4 Å². The topological polar surface area (TPSA) is 46.9 Å². The third-order valence-electron chi connectivity index (χ3n) is 1.13. The Hall–Kier alpha value is -1.32. The smallest absolute Gasteiger partial charge is 0.207 e. The van der Waals surface area contributed by atoms with Crippen molar-refractivity contribution < 1.29 is 4.79 Å². The summed E-state index contributed by atoms with van der Waals surface area (Å²) in [6, 6.07) is 1.85. The third-order valence-corrected chi connectivity index (χ3v) is 1.13. The van der Waals surface area contributed by atoms with Crippen LogP contribution in [0.5, 0.6) is 0 Å². The van der Waals surface area contributed by atoms with Crippen LogP contribution in [-0.4, -0.2) is 22.7 Å². The molecule has 0 saturated heterocycles. The zero-order valence-electron chi connectivity index (χ0n) is 5.53. The second-order valence-corrected chi connectivity index (χ2v) is 1.84. The van der Waals surface area contributed by atoms with E-state index in [-0.39, 0.29) is 0 Å². The monoisotopic (exact) mass is 139 g/mol. The molecule has 54 valence electrons. The molecule has 0 atom stereocenters. The molecular weight excluding hydrogens is 130 g/mol. The van der Waals surface area contributed by atoms with Gasteiger partial charge >= 0.3 is 0 Å². The molecule has 0 aliphatic heterocycles. The second kappa shape index (κ2) is 3.66. The maximum absolute atomic E-state index is 9.79. The minimum atomic E-state index is 0.630. The molecule has 1 rings (SSSR count). The van der Waals surface area contributed by atoms with Gasteiger partial charge in [-0.05, 0) is 6.07 Å². The Morgan fingerprint density at radius 1 is 1.70 bits per heavy atom. The number of nitrogens with zero attached hydrogens (tertiary/aromatic N) is 2. The maximum Gasteiger partial charge on any atom is 0.207 e. The van der Waals surface area contributed by atoms with E-state index in [4.69, 9.17) is 0 Å². The minimum Gasteiger partial charge on any atom is -0.357 e. The van der Waals surface area contributed by atoms with Gasteiger partial charge in [0, 0.05) is 18.9 Å². The fourth-order valence-corrected chi connectivity index (χ4v) is 0.671. The first-order valence-corrected chi connectivity index (χ1v) is 3.08. The van der Waals surface area contributed by atoms with Crippen LogP contribution in [0.3, 0.4) is 0 Å². The lowest BCUT2D eigenvalue weighted by molar-refractivity contribution is -0.109. The summed E-state index contributed by atoms with van der Waals surface area (Å²) in [5, 5.41) is 6.49. The van der Waals surface area contributed by atoms with Gasteiger partial charge in [0.05, 0.1) is 6.54 Å². The molecule has 0 fully saturated rings. The molecular formula is C6H9N3O. The van der Waals surface area contributed by atoms with Crippen molar-refractivity contribution in [1.82, 2.24) is 15.1 Å². The molecule has 0 aliphatic rings. The predicted octanol–water partition coefficient (Wildman–Crippen LogP) is -0.371. The van der Waals surface area contributed by atoms with Crippen LogP contribution >= 0.6 is 0 Å². The maximum atomic E-state index is 9.79. The average Bonchev–Trinajstić information content (AvgIpc) is 2.41. The Morgan fingerprint density at radius 3 is 3.20 bits per heavy atom. The minimum absolute atomic E-state index is 0.630. The van der Waals surface area contributed by atoms with Crippen molar-refractivity contribution in [1.29, 1.82) is 0 Å². The van der Waals surface area contributed by atoms with Crippen molar-refractivity contribution in [2.24, 2.45) is 0 Å². The standard InChI is InChI=1S/C6H9N3O/c10-6-7-3-5-9-4-1-2-8-9/h1-2,4,6H,3,5H2,(H,7,10). The molecule has 0 aliphatic carbocycles. The van der Waals surface area contributed by atoms with E-state index in [1.807, 2.05) is 12.3 Å². The Kier molecular flexibility index (Phi) is 2.49. The molecule has 0 spiro atoms. The molecule has 0 bridgehead atoms. The van der Waals surface area contributed by atoms with Crippen molar-refractivity contribution in [3.8, 4) is 0 Å². The molecule has 0 radical (unpaired) electrons. The summed E-state index contributed by atoms with van der Waals surface area (Å²) in [7, 11) is 0. The Morgan fingerprint density at radius 2 is 2.60 bits per heavy atom. The van der Waals surface area contributed by atoms with Gasteiger partial charge in [-0.1, -0.05) is 0 Å². The zero-order chi connectivity index (χ0) is 7.23. The highest BCUT2D eigenvalue weighted by atomic mass is 16.1. The molecule has 1 N–H and O–H groups in total. The van der Waals surface area contributed by atoms with E-state index in [1.165, 1.54) is 0 Å². The summed E-state index contributed by atoms with van der Waals surface area (Å²) in [6.07, 6.45) is 4.25. The zero-order valence-corrected chi connectivity index (χ0v) is 5.53. The highest BCUT2D eigenvalue weighted by Gasteiger charge is 1.86. The summed E-state index contributed by atoms with van der Waals surface area (Å²) >= 11 is 0. The number of hydrogen-bond donors (Lipinski definition) is 1. The van der Waals surface area contributed by atoms with Gasteiger partial charge in [0.2, 0.25) is 6.41 Å². The van der Waals surface area contributed by atoms with E-state index in [0.29, 0.717) is 13.0 Å². The van der Waals surface area contributed by atoms with Gasteiger partial charge in [0.1, 0.15) is 0 Å². The molecule has 10 heavy (non-hydrogen) atoms. The fraction of sp³-hybridized carbons (Fsp3) is 0.333. The van der Waals surface area contributed by atoms with Crippen LogP contribution in [0.15, 0.2) is 18.5 Å². The number of rotatable bonds is 4. The van der Waals surface area contributed by atoms with Crippen LogP contribution in [0.2, 0.25) is 0 Å². The van der Waals surface area contributed by atoms with Crippen molar-refractivity contribution in [2.75, 3.05) is 6.54 Å². The Labute approximate surface area is 58.8 Å². The lowest BCUT2D eigenvalue weighted by Crippen LogP contribution is -2.17. The lowest BCUT2D eigenvalue weighted by Gasteiger charge is -1.97.